The quantitative estimate of drug-likeness (QED) is 0.683. The monoisotopic (exact) mass is 364 g/mol. The topological polar surface area (TPSA) is 79.3 Å². The molecule has 0 radical (unpaired) electrons. The lowest BCUT2D eigenvalue weighted by molar-refractivity contribution is -0.141. The number of hydrogen-bond acceptors (Lipinski definition) is 5. The van der Waals surface area contributed by atoms with Crippen LogP contribution in [-0.2, 0) is 16.1 Å². The summed E-state index contributed by atoms with van der Waals surface area (Å²) in [6, 6.07) is 5.55. The molecule has 1 heterocycles. The Hall–Kier alpha value is -2.28. The Morgan fingerprint density at radius 3 is 2.65 bits per heavy atom. The molecule has 0 spiro atoms. The van der Waals surface area contributed by atoms with Gasteiger partial charge in [0.25, 0.3) is 0 Å². The number of likely N-dealkylation sites (tertiary alicyclic amines) is 1. The highest BCUT2D eigenvalue weighted by Gasteiger charge is 2.34. The van der Waals surface area contributed by atoms with Crippen LogP contribution in [0.5, 0.6) is 11.5 Å². The summed E-state index contributed by atoms with van der Waals surface area (Å²) < 4.78 is 11.4. The Labute approximate surface area is 154 Å². The second-order valence-electron chi connectivity index (χ2n) is 6.34. The number of carbonyl (C=O) groups excluding carboxylic acids is 1. The molecule has 1 atom stereocenters. The van der Waals surface area contributed by atoms with Gasteiger partial charge in [-0.25, -0.2) is 0 Å². The zero-order valence-electron chi connectivity index (χ0n) is 15.7. The molecule has 144 valence electrons. The summed E-state index contributed by atoms with van der Waals surface area (Å²) in [6.07, 6.45) is 0.0530. The Morgan fingerprint density at radius 1 is 1.35 bits per heavy atom. The van der Waals surface area contributed by atoms with Gasteiger partial charge in [-0.3, -0.25) is 9.59 Å². The zero-order valence-corrected chi connectivity index (χ0v) is 15.7. The zero-order chi connectivity index (χ0) is 19.1. The smallest absolute Gasteiger partial charge is 0.308 e. The van der Waals surface area contributed by atoms with Crippen LogP contribution in [0.15, 0.2) is 18.2 Å². The lowest BCUT2D eigenvalue weighted by Gasteiger charge is -2.22. The number of benzene rings is 1. The number of nitrogens with zero attached hydrogens (tertiary/aromatic N) is 2. The van der Waals surface area contributed by atoms with Crippen LogP contribution in [0.4, 0.5) is 0 Å². The third kappa shape index (κ3) is 4.88. The fourth-order valence-electron chi connectivity index (χ4n) is 3.12. The number of methoxy groups -OCH3 is 1. The molecule has 1 unspecified atom stereocenters. The molecule has 0 bridgehead atoms. The summed E-state index contributed by atoms with van der Waals surface area (Å²) in [5.41, 5.74) is 0.822. The minimum absolute atomic E-state index is 0.0530. The highest BCUT2D eigenvalue weighted by atomic mass is 16.5. The molecule has 1 aromatic carbocycles. The van der Waals surface area contributed by atoms with Gasteiger partial charge in [-0.05, 0) is 19.2 Å². The molecule has 1 fully saturated rings. The molecule has 1 aliphatic rings. The first-order valence-corrected chi connectivity index (χ1v) is 9.01. The SMILES string of the molecule is CCN(CC)CCOc1c(CN2CC(C(=O)O)CC2=O)cccc1OC. The van der Waals surface area contributed by atoms with Crippen molar-refractivity contribution in [2.45, 2.75) is 26.8 Å². The van der Waals surface area contributed by atoms with Crippen molar-refractivity contribution in [3.05, 3.63) is 23.8 Å². The largest absolute Gasteiger partial charge is 0.493 e. The number of carboxylic acids is 1. The Bertz CT molecular complexity index is 630. The lowest BCUT2D eigenvalue weighted by Crippen LogP contribution is -2.28. The van der Waals surface area contributed by atoms with Gasteiger partial charge in [-0.1, -0.05) is 26.0 Å². The van der Waals surface area contributed by atoms with Gasteiger partial charge in [0.2, 0.25) is 5.91 Å². The number of aliphatic carboxylic acids is 1. The van der Waals surface area contributed by atoms with Crippen molar-refractivity contribution >= 4 is 11.9 Å². The average Bonchev–Trinajstić information content (AvgIpc) is 3.00. The van der Waals surface area contributed by atoms with Crippen molar-refractivity contribution in [3.63, 3.8) is 0 Å². The van der Waals surface area contributed by atoms with E-state index in [0.29, 0.717) is 24.7 Å². The molecule has 7 nitrogen and oxygen atoms in total. The maximum atomic E-state index is 12.1. The first kappa shape index (κ1) is 20.0. The Morgan fingerprint density at radius 2 is 2.08 bits per heavy atom. The van der Waals surface area contributed by atoms with Gasteiger partial charge < -0.3 is 24.4 Å². The lowest BCUT2D eigenvalue weighted by atomic mass is 10.1. The second-order valence-corrected chi connectivity index (χ2v) is 6.34. The number of likely N-dealkylation sites (N-methyl/N-ethyl adjacent to an activating group) is 1. The molecular formula is C19H28N2O5. The van der Waals surface area contributed by atoms with Gasteiger partial charge in [0, 0.05) is 31.6 Å². The van der Waals surface area contributed by atoms with Crippen LogP contribution in [0, 0.1) is 5.92 Å². The Kier molecular flexibility index (Phi) is 7.26. The van der Waals surface area contributed by atoms with E-state index in [4.69, 9.17) is 14.6 Å². The summed E-state index contributed by atoms with van der Waals surface area (Å²) >= 11 is 0. The minimum Gasteiger partial charge on any atom is -0.493 e. The molecule has 0 saturated carbocycles. The summed E-state index contributed by atoms with van der Waals surface area (Å²) in [5, 5.41) is 9.14. The number of hydrogen-bond donors (Lipinski definition) is 1. The third-order valence-corrected chi connectivity index (χ3v) is 4.75. The normalized spacial score (nSPS) is 17.0. The van der Waals surface area contributed by atoms with E-state index in [1.54, 1.807) is 12.0 Å². The molecule has 26 heavy (non-hydrogen) atoms. The van der Waals surface area contributed by atoms with Crippen LogP contribution in [0.1, 0.15) is 25.8 Å². The molecule has 1 aliphatic heterocycles. The Balaban J connectivity index is 2.10. The maximum Gasteiger partial charge on any atom is 0.308 e. The summed E-state index contributed by atoms with van der Waals surface area (Å²) in [6.45, 7) is 7.99. The van der Waals surface area contributed by atoms with E-state index in [0.717, 1.165) is 25.2 Å². The molecule has 1 N–H and O–H groups in total. The number of carbonyl (C=O) groups is 2. The minimum atomic E-state index is -0.929. The van der Waals surface area contributed by atoms with Crippen LogP contribution in [0.2, 0.25) is 0 Å². The highest BCUT2D eigenvalue weighted by molar-refractivity contribution is 5.86. The average molecular weight is 364 g/mol. The van der Waals surface area contributed by atoms with Crippen LogP contribution in [-0.4, -0.2) is 66.7 Å². The van der Waals surface area contributed by atoms with Crippen molar-refractivity contribution in [1.82, 2.24) is 9.80 Å². The van der Waals surface area contributed by atoms with Crippen LogP contribution in [0.25, 0.3) is 0 Å². The van der Waals surface area contributed by atoms with E-state index in [9.17, 15) is 9.59 Å². The van der Waals surface area contributed by atoms with Crippen LogP contribution < -0.4 is 9.47 Å². The highest BCUT2D eigenvalue weighted by Crippen LogP contribution is 2.33. The van der Waals surface area contributed by atoms with E-state index in [1.807, 2.05) is 18.2 Å². The fraction of sp³-hybridized carbons (Fsp3) is 0.579. The van der Waals surface area contributed by atoms with Gasteiger partial charge in [0.15, 0.2) is 11.5 Å². The summed E-state index contributed by atoms with van der Waals surface area (Å²) in [4.78, 5) is 27.1. The number of rotatable bonds is 10. The fourth-order valence-corrected chi connectivity index (χ4v) is 3.12. The molecule has 1 amide bonds. The summed E-state index contributed by atoms with van der Waals surface area (Å²) in [7, 11) is 1.58. The van der Waals surface area contributed by atoms with Gasteiger partial charge in [-0.15, -0.1) is 0 Å². The van der Waals surface area contributed by atoms with E-state index in [2.05, 4.69) is 18.7 Å². The van der Waals surface area contributed by atoms with Crippen molar-refractivity contribution in [3.8, 4) is 11.5 Å². The van der Waals surface area contributed by atoms with Crippen molar-refractivity contribution < 1.29 is 24.2 Å². The molecular weight excluding hydrogens is 336 g/mol. The van der Waals surface area contributed by atoms with Gasteiger partial charge >= 0.3 is 5.97 Å². The molecule has 0 aromatic heterocycles. The van der Waals surface area contributed by atoms with E-state index in [-0.39, 0.29) is 18.9 Å². The molecule has 1 aromatic rings. The van der Waals surface area contributed by atoms with Crippen molar-refractivity contribution in [2.24, 2.45) is 5.92 Å². The predicted molar refractivity (Wildman–Crippen MR) is 97.4 cm³/mol. The standard InChI is InChI=1S/C19H28N2O5/c1-4-20(5-2)9-10-26-18-14(7-6-8-16(18)25-3)12-21-13-15(19(23)24)11-17(21)22/h6-8,15H,4-5,9-13H2,1-3H3,(H,23,24). The van der Waals surface area contributed by atoms with E-state index in [1.165, 1.54) is 0 Å². The maximum absolute atomic E-state index is 12.1. The summed E-state index contributed by atoms with van der Waals surface area (Å²) in [5.74, 6) is -0.478. The van der Waals surface area contributed by atoms with Gasteiger partial charge in [0.1, 0.15) is 6.61 Å². The van der Waals surface area contributed by atoms with Crippen molar-refractivity contribution in [1.29, 1.82) is 0 Å². The molecule has 2 rings (SSSR count). The molecule has 1 saturated heterocycles. The predicted octanol–water partition coefficient (Wildman–Crippen LogP) is 1.85. The molecule has 7 heteroatoms. The van der Waals surface area contributed by atoms with Gasteiger partial charge in [0.05, 0.1) is 13.0 Å². The van der Waals surface area contributed by atoms with Crippen LogP contribution in [0.3, 0.4) is 0 Å². The van der Waals surface area contributed by atoms with Crippen molar-refractivity contribution in [2.75, 3.05) is 39.9 Å². The first-order chi connectivity index (χ1) is 12.5. The number of para-hydroxylation sites is 1. The third-order valence-electron chi connectivity index (χ3n) is 4.75. The second kappa shape index (κ2) is 9.43. The number of ether oxygens (including phenoxy) is 2. The first-order valence-electron chi connectivity index (χ1n) is 9.01. The number of carboxylic acid groups (broad SMARTS) is 1. The van der Waals surface area contributed by atoms with E-state index >= 15 is 0 Å². The van der Waals surface area contributed by atoms with E-state index < -0.39 is 11.9 Å². The van der Waals surface area contributed by atoms with Crippen LogP contribution >= 0.6 is 0 Å². The van der Waals surface area contributed by atoms with Gasteiger partial charge in [-0.2, -0.15) is 0 Å². The number of amides is 1. The molecule has 0 aliphatic carbocycles.